The Labute approximate surface area is 101 Å². The van der Waals surface area contributed by atoms with Gasteiger partial charge in [-0.3, -0.25) is 9.59 Å². The van der Waals surface area contributed by atoms with E-state index in [4.69, 9.17) is 9.84 Å². The Morgan fingerprint density at radius 2 is 2.29 bits per heavy atom. The van der Waals surface area contributed by atoms with Crippen LogP contribution < -0.4 is 5.32 Å². The summed E-state index contributed by atoms with van der Waals surface area (Å²) in [5.74, 6) is -0.919. The van der Waals surface area contributed by atoms with Gasteiger partial charge in [0.15, 0.2) is 6.10 Å². The van der Waals surface area contributed by atoms with Gasteiger partial charge in [0.1, 0.15) is 6.04 Å². The van der Waals surface area contributed by atoms with E-state index >= 15 is 0 Å². The Kier molecular flexibility index (Phi) is 3.53. The van der Waals surface area contributed by atoms with Crippen molar-refractivity contribution in [2.24, 2.45) is 0 Å². The molecule has 0 saturated carbocycles. The van der Waals surface area contributed by atoms with Crippen molar-refractivity contribution >= 4 is 28.9 Å². The highest BCUT2D eigenvalue weighted by atomic mass is 32.2. The Bertz CT molecular complexity index is 361. The van der Waals surface area contributed by atoms with Gasteiger partial charge in [-0.15, -0.1) is 0 Å². The molecule has 2 saturated heterocycles. The van der Waals surface area contributed by atoms with E-state index in [0.717, 1.165) is 11.8 Å². The van der Waals surface area contributed by atoms with Gasteiger partial charge in [-0.1, -0.05) is 11.8 Å². The molecule has 2 heterocycles. The summed E-state index contributed by atoms with van der Waals surface area (Å²) in [6.45, 7) is 0.599. The van der Waals surface area contributed by atoms with Crippen LogP contribution >= 0.6 is 11.8 Å². The van der Waals surface area contributed by atoms with Gasteiger partial charge in [0.05, 0.1) is 13.2 Å². The number of carbonyl (C=O) groups excluding carboxylic acids is 2. The van der Waals surface area contributed by atoms with Crippen LogP contribution in [-0.4, -0.2) is 64.7 Å². The molecule has 2 N–H and O–H groups in total. The first-order valence-corrected chi connectivity index (χ1v) is 6.13. The van der Waals surface area contributed by atoms with Crippen molar-refractivity contribution in [3.05, 3.63) is 0 Å². The average Bonchev–Trinajstić information content (AvgIpc) is 2.75. The third-order valence-corrected chi connectivity index (χ3v) is 3.50. The third-order valence-electron chi connectivity index (χ3n) is 2.62. The van der Waals surface area contributed by atoms with Crippen molar-refractivity contribution in [2.45, 2.75) is 12.1 Å². The Balaban J connectivity index is 1.95. The number of carboxylic acid groups (broad SMARTS) is 1. The highest BCUT2D eigenvalue weighted by Gasteiger charge is 2.35. The maximum atomic E-state index is 12.0. The smallest absolute Gasteiger partial charge is 0.334 e. The molecule has 2 unspecified atom stereocenters. The highest BCUT2D eigenvalue weighted by Crippen LogP contribution is 2.16. The number of hydrogen-bond donors (Lipinski definition) is 2. The molecular formula is C9H12N2O5S. The van der Waals surface area contributed by atoms with Crippen molar-refractivity contribution in [2.75, 3.05) is 25.4 Å². The predicted molar refractivity (Wildman–Crippen MR) is 58.7 cm³/mol. The van der Waals surface area contributed by atoms with Crippen molar-refractivity contribution in [3.63, 3.8) is 0 Å². The van der Waals surface area contributed by atoms with Crippen LogP contribution in [-0.2, 0) is 14.3 Å². The first-order chi connectivity index (χ1) is 8.08. The van der Waals surface area contributed by atoms with Gasteiger partial charge in [-0.2, -0.15) is 0 Å². The summed E-state index contributed by atoms with van der Waals surface area (Å²) in [6, 6.07) is -0.542. The van der Waals surface area contributed by atoms with Gasteiger partial charge in [-0.05, 0) is 0 Å². The number of rotatable bonds is 2. The molecule has 0 aromatic rings. The number of hydrogen-bond acceptors (Lipinski definition) is 5. The highest BCUT2D eigenvalue weighted by molar-refractivity contribution is 8.14. The van der Waals surface area contributed by atoms with E-state index in [1.54, 1.807) is 0 Å². The molecule has 0 spiro atoms. The van der Waals surface area contributed by atoms with Crippen LogP contribution in [0.4, 0.5) is 4.79 Å². The molecule has 0 radical (unpaired) electrons. The van der Waals surface area contributed by atoms with Gasteiger partial charge in [0.25, 0.3) is 5.24 Å². The van der Waals surface area contributed by atoms with Gasteiger partial charge < -0.3 is 20.1 Å². The number of thioether (sulfide) groups is 1. The topological polar surface area (TPSA) is 95.9 Å². The van der Waals surface area contributed by atoms with Crippen LogP contribution in [0, 0.1) is 0 Å². The zero-order valence-corrected chi connectivity index (χ0v) is 9.74. The maximum absolute atomic E-state index is 12.0. The largest absolute Gasteiger partial charge is 0.479 e. The molecule has 94 valence electrons. The summed E-state index contributed by atoms with van der Waals surface area (Å²) in [6.07, 6.45) is -0.975. The van der Waals surface area contributed by atoms with Crippen molar-refractivity contribution in [1.82, 2.24) is 10.2 Å². The molecule has 0 aliphatic carbocycles. The standard InChI is InChI=1S/C9H12N2O5S/c12-7(5-4-17-9(15)10-5)11-1-2-16-6(3-11)8(13)14/h5-6H,1-4H2,(H,10,15)(H,13,14). The second-order valence-corrected chi connectivity index (χ2v) is 4.77. The zero-order valence-electron chi connectivity index (χ0n) is 8.92. The quantitative estimate of drug-likeness (QED) is 0.669. The second kappa shape index (κ2) is 4.92. The molecule has 2 aliphatic heterocycles. The molecule has 0 bridgehead atoms. The molecule has 2 aliphatic rings. The summed E-state index contributed by atoms with van der Waals surface area (Å²) in [7, 11) is 0. The molecule has 8 heteroatoms. The number of ether oxygens (including phenoxy) is 1. The minimum absolute atomic E-state index is 0.0329. The van der Waals surface area contributed by atoms with E-state index in [1.165, 1.54) is 4.90 Å². The van der Waals surface area contributed by atoms with Gasteiger partial charge in [0.2, 0.25) is 5.91 Å². The molecular weight excluding hydrogens is 248 g/mol. The van der Waals surface area contributed by atoms with Crippen LogP contribution in [0.1, 0.15) is 0 Å². The number of nitrogens with one attached hydrogen (secondary N) is 1. The molecule has 0 aromatic heterocycles. The van der Waals surface area contributed by atoms with Crippen LogP contribution in [0.15, 0.2) is 0 Å². The minimum atomic E-state index is -1.08. The fourth-order valence-corrected chi connectivity index (χ4v) is 2.51. The SMILES string of the molecule is O=C1NC(C(=O)N2CCOC(C(=O)O)C2)CS1. The van der Waals surface area contributed by atoms with E-state index in [2.05, 4.69) is 5.32 Å². The summed E-state index contributed by atoms with van der Waals surface area (Å²) in [5, 5.41) is 11.1. The summed E-state index contributed by atoms with van der Waals surface area (Å²) < 4.78 is 5.02. The summed E-state index contributed by atoms with van der Waals surface area (Å²) in [4.78, 5) is 35.1. The summed E-state index contributed by atoms with van der Waals surface area (Å²) >= 11 is 1.06. The van der Waals surface area contributed by atoms with Gasteiger partial charge in [0, 0.05) is 12.3 Å². The normalized spacial score (nSPS) is 28.9. The van der Waals surface area contributed by atoms with E-state index < -0.39 is 18.1 Å². The van der Waals surface area contributed by atoms with E-state index in [1.807, 2.05) is 0 Å². The van der Waals surface area contributed by atoms with Crippen molar-refractivity contribution < 1.29 is 24.2 Å². The average molecular weight is 260 g/mol. The predicted octanol–water partition coefficient (Wildman–Crippen LogP) is -0.877. The van der Waals surface area contributed by atoms with Gasteiger partial charge >= 0.3 is 5.97 Å². The number of aliphatic carboxylic acids is 1. The van der Waals surface area contributed by atoms with Crippen LogP contribution in [0.2, 0.25) is 0 Å². The molecule has 2 amide bonds. The minimum Gasteiger partial charge on any atom is -0.479 e. The number of amides is 2. The molecule has 2 rings (SSSR count). The van der Waals surface area contributed by atoms with E-state index in [0.29, 0.717) is 12.3 Å². The molecule has 0 aromatic carbocycles. The number of morpholine rings is 1. The molecule has 2 fully saturated rings. The van der Waals surface area contributed by atoms with E-state index in [9.17, 15) is 14.4 Å². The number of carbonyl (C=O) groups is 3. The van der Waals surface area contributed by atoms with Crippen molar-refractivity contribution in [3.8, 4) is 0 Å². The fraction of sp³-hybridized carbons (Fsp3) is 0.667. The number of nitrogens with zero attached hydrogens (tertiary/aromatic N) is 1. The lowest BCUT2D eigenvalue weighted by Crippen LogP contribution is -2.53. The molecule has 7 nitrogen and oxygen atoms in total. The Hall–Kier alpha value is -1.28. The lowest BCUT2D eigenvalue weighted by atomic mass is 10.2. The third kappa shape index (κ3) is 2.70. The summed E-state index contributed by atoms with van der Waals surface area (Å²) in [5.41, 5.74) is 0. The maximum Gasteiger partial charge on any atom is 0.334 e. The lowest BCUT2D eigenvalue weighted by Gasteiger charge is -2.32. The van der Waals surface area contributed by atoms with Gasteiger partial charge in [-0.25, -0.2) is 4.79 Å². The first kappa shape index (κ1) is 12.2. The number of carboxylic acids is 1. The van der Waals surface area contributed by atoms with Crippen LogP contribution in [0.3, 0.4) is 0 Å². The van der Waals surface area contributed by atoms with E-state index in [-0.39, 0.29) is 24.3 Å². The molecule has 17 heavy (non-hydrogen) atoms. The Morgan fingerprint density at radius 3 is 2.88 bits per heavy atom. The molecule has 2 atom stereocenters. The first-order valence-electron chi connectivity index (χ1n) is 5.14. The monoisotopic (exact) mass is 260 g/mol. The van der Waals surface area contributed by atoms with Crippen LogP contribution in [0.25, 0.3) is 0 Å². The second-order valence-electron chi connectivity index (χ2n) is 3.78. The Morgan fingerprint density at radius 1 is 1.53 bits per heavy atom. The fourth-order valence-electron chi connectivity index (χ4n) is 1.74. The van der Waals surface area contributed by atoms with Crippen molar-refractivity contribution in [1.29, 1.82) is 0 Å². The zero-order chi connectivity index (χ0) is 12.4. The lowest BCUT2D eigenvalue weighted by molar-refractivity contribution is -0.159. The van der Waals surface area contributed by atoms with Crippen LogP contribution in [0.5, 0.6) is 0 Å².